The van der Waals surface area contributed by atoms with Crippen molar-refractivity contribution < 1.29 is 14.2 Å². The first-order valence-corrected chi connectivity index (χ1v) is 8.24. The minimum Gasteiger partial charge on any atom is -0.392 e. The highest BCUT2D eigenvalue weighted by molar-refractivity contribution is 5.18. The van der Waals surface area contributed by atoms with Gasteiger partial charge in [-0.1, -0.05) is 37.5 Å². The second-order valence-electron chi connectivity index (χ2n) is 6.71. The summed E-state index contributed by atoms with van der Waals surface area (Å²) in [5, 5.41) is 10.5. The van der Waals surface area contributed by atoms with E-state index in [1.807, 2.05) is 6.07 Å². The maximum absolute atomic E-state index is 13.7. The second kappa shape index (κ2) is 6.45. The van der Waals surface area contributed by atoms with Gasteiger partial charge in [0.2, 0.25) is 0 Å². The van der Waals surface area contributed by atoms with Gasteiger partial charge in [-0.05, 0) is 43.2 Å². The van der Waals surface area contributed by atoms with Crippen LogP contribution in [0, 0.1) is 11.7 Å². The fourth-order valence-corrected chi connectivity index (χ4v) is 3.99. The van der Waals surface area contributed by atoms with E-state index in [9.17, 15) is 9.50 Å². The standard InChI is InChI=1S/C18H25FO2/c19-16-7-3-2-6-14(16)12-17(20)15-8-11-21-18(13-15)9-4-1-5-10-18/h2-3,6-7,15,17,20H,1,4-5,8-13H2. The van der Waals surface area contributed by atoms with Crippen LogP contribution in [-0.4, -0.2) is 23.4 Å². The molecule has 3 heteroatoms. The number of ether oxygens (including phenoxy) is 1. The van der Waals surface area contributed by atoms with E-state index in [-0.39, 0.29) is 17.3 Å². The van der Waals surface area contributed by atoms with Gasteiger partial charge in [-0.15, -0.1) is 0 Å². The van der Waals surface area contributed by atoms with Gasteiger partial charge in [-0.25, -0.2) is 4.39 Å². The first-order chi connectivity index (χ1) is 10.2. The van der Waals surface area contributed by atoms with Crippen LogP contribution < -0.4 is 0 Å². The third-order valence-electron chi connectivity index (χ3n) is 5.23. The molecule has 116 valence electrons. The summed E-state index contributed by atoms with van der Waals surface area (Å²) < 4.78 is 19.8. The summed E-state index contributed by atoms with van der Waals surface area (Å²) in [6.07, 6.45) is 7.77. The molecular formula is C18H25FO2. The molecule has 1 saturated heterocycles. The Labute approximate surface area is 126 Å². The van der Waals surface area contributed by atoms with Crippen LogP contribution >= 0.6 is 0 Å². The highest BCUT2D eigenvalue weighted by atomic mass is 19.1. The molecule has 2 unspecified atom stereocenters. The van der Waals surface area contributed by atoms with E-state index in [2.05, 4.69) is 0 Å². The molecule has 1 aromatic carbocycles. The van der Waals surface area contributed by atoms with Gasteiger partial charge in [0.15, 0.2) is 0 Å². The summed E-state index contributed by atoms with van der Waals surface area (Å²) in [7, 11) is 0. The average molecular weight is 292 g/mol. The van der Waals surface area contributed by atoms with E-state index in [0.29, 0.717) is 12.0 Å². The van der Waals surface area contributed by atoms with E-state index in [1.54, 1.807) is 12.1 Å². The van der Waals surface area contributed by atoms with E-state index in [0.717, 1.165) is 32.3 Å². The zero-order valence-corrected chi connectivity index (χ0v) is 12.6. The van der Waals surface area contributed by atoms with Gasteiger partial charge < -0.3 is 9.84 Å². The van der Waals surface area contributed by atoms with Gasteiger partial charge in [0, 0.05) is 13.0 Å². The van der Waals surface area contributed by atoms with Crippen LogP contribution in [0.2, 0.25) is 0 Å². The third kappa shape index (κ3) is 3.46. The molecule has 2 aliphatic rings. The maximum atomic E-state index is 13.7. The normalized spacial score (nSPS) is 26.7. The molecule has 2 nitrogen and oxygen atoms in total. The zero-order chi connectivity index (χ0) is 14.7. The maximum Gasteiger partial charge on any atom is 0.126 e. The van der Waals surface area contributed by atoms with Crippen molar-refractivity contribution in [2.45, 2.75) is 63.1 Å². The van der Waals surface area contributed by atoms with Crippen molar-refractivity contribution in [3.63, 3.8) is 0 Å². The SMILES string of the molecule is OC(Cc1ccccc1F)C1CCOC2(CCCCC2)C1. The van der Waals surface area contributed by atoms with Crippen LogP contribution in [-0.2, 0) is 11.2 Å². The van der Waals surface area contributed by atoms with Crippen LogP contribution in [0.25, 0.3) is 0 Å². The Kier molecular flexibility index (Phi) is 4.60. The molecule has 2 atom stereocenters. The fourth-order valence-electron chi connectivity index (χ4n) is 3.99. The van der Waals surface area contributed by atoms with Crippen molar-refractivity contribution in [1.82, 2.24) is 0 Å². The van der Waals surface area contributed by atoms with Crippen molar-refractivity contribution in [3.8, 4) is 0 Å². The summed E-state index contributed by atoms with van der Waals surface area (Å²) in [5.41, 5.74) is 0.617. The van der Waals surface area contributed by atoms with E-state index in [1.165, 1.54) is 25.3 Å². The molecule has 1 heterocycles. The largest absolute Gasteiger partial charge is 0.392 e. The molecule has 0 radical (unpaired) electrons. The summed E-state index contributed by atoms with van der Waals surface area (Å²) >= 11 is 0. The second-order valence-corrected chi connectivity index (χ2v) is 6.71. The Bertz CT molecular complexity index is 463. The molecule has 1 N–H and O–H groups in total. The molecule has 1 aromatic rings. The minimum absolute atomic E-state index is 0.00260. The number of aliphatic hydroxyl groups is 1. The molecule has 1 aliphatic heterocycles. The lowest BCUT2D eigenvalue weighted by Gasteiger charge is -2.44. The Balaban J connectivity index is 1.64. The average Bonchev–Trinajstić information content (AvgIpc) is 2.50. The van der Waals surface area contributed by atoms with E-state index < -0.39 is 6.10 Å². The van der Waals surface area contributed by atoms with Crippen molar-refractivity contribution in [2.75, 3.05) is 6.61 Å². The molecular weight excluding hydrogens is 267 g/mol. The predicted molar refractivity (Wildman–Crippen MR) is 80.6 cm³/mol. The lowest BCUT2D eigenvalue weighted by Crippen LogP contribution is -2.44. The minimum atomic E-state index is -0.468. The monoisotopic (exact) mass is 292 g/mol. The van der Waals surface area contributed by atoms with Crippen LogP contribution in [0.15, 0.2) is 24.3 Å². The quantitative estimate of drug-likeness (QED) is 0.916. The number of aliphatic hydroxyl groups excluding tert-OH is 1. The van der Waals surface area contributed by atoms with E-state index >= 15 is 0 Å². The number of benzene rings is 1. The smallest absolute Gasteiger partial charge is 0.126 e. The van der Waals surface area contributed by atoms with Gasteiger partial charge in [0.25, 0.3) is 0 Å². The molecule has 2 fully saturated rings. The third-order valence-corrected chi connectivity index (χ3v) is 5.23. The summed E-state index contributed by atoms with van der Waals surface area (Å²) in [6.45, 7) is 0.735. The highest BCUT2D eigenvalue weighted by Gasteiger charge is 2.40. The predicted octanol–water partition coefficient (Wildman–Crippen LogP) is 3.86. The molecule has 0 bridgehead atoms. The molecule has 0 aromatic heterocycles. The van der Waals surface area contributed by atoms with Crippen LogP contribution in [0.1, 0.15) is 50.5 Å². The molecule has 21 heavy (non-hydrogen) atoms. The lowest BCUT2D eigenvalue weighted by molar-refractivity contribution is -0.133. The fraction of sp³-hybridized carbons (Fsp3) is 0.667. The van der Waals surface area contributed by atoms with Gasteiger partial charge >= 0.3 is 0 Å². The van der Waals surface area contributed by atoms with Crippen molar-refractivity contribution in [3.05, 3.63) is 35.6 Å². The number of rotatable bonds is 3. The van der Waals surface area contributed by atoms with Crippen molar-refractivity contribution >= 4 is 0 Å². The van der Waals surface area contributed by atoms with Gasteiger partial charge in [-0.3, -0.25) is 0 Å². The topological polar surface area (TPSA) is 29.5 Å². The highest BCUT2D eigenvalue weighted by Crippen LogP contribution is 2.41. The first kappa shape index (κ1) is 15.0. The Hall–Kier alpha value is -0.930. The zero-order valence-electron chi connectivity index (χ0n) is 12.6. The van der Waals surface area contributed by atoms with E-state index in [4.69, 9.17) is 4.74 Å². The molecule has 0 amide bonds. The van der Waals surface area contributed by atoms with Crippen LogP contribution in [0.4, 0.5) is 4.39 Å². The van der Waals surface area contributed by atoms with Crippen LogP contribution in [0.5, 0.6) is 0 Å². The van der Waals surface area contributed by atoms with Gasteiger partial charge in [-0.2, -0.15) is 0 Å². The van der Waals surface area contributed by atoms with Gasteiger partial charge in [0.05, 0.1) is 11.7 Å². The number of hydrogen-bond acceptors (Lipinski definition) is 2. The van der Waals surface area contributed by atoms with Gasteiger partial charge in [0.1, 0.15) is 5.82 Å². The summed E-state index contributed by atoms with van der Waals surface area (Å²) in [5.74, 6) is 0.0208. The molecule has 1 saturated carbocycles. The molecule has 3 rings (SSSR count). The number of halogens is 1. The summed E-state index contributed by atoms with van der Waals surface area (Å²) in [4.78, 5) is 0. The molecule has 1 aliphatic carbocycles. The molecule has 1 spiro atoms. The number of hydrogen-bond donors (Lipinski definition) is 1. The first-order valence-electron chi connectivity index (χ1n) is 8.24. The Morgan fingerprint density at radius 1 is 1.24 bits per heavy atom. The van der Waals surface area contributed by atoms with Crippen molar-refractivity contribution in [1.29, 1.82) is 0 Å². The summed E-state index contributed by atoms with van der Waals surface area (Å²) in [6, 6.07) is 6.76. The Morgan fingerprint density at radius 3 is 2.76 bits per heavy atom. The Morgan fingerprint density at radius 2 is 2.00 bits per heavy atom. The van der Waals surface area contributed by atoms with Crippen molar-refractivity contribution in [2.24, 2.45) is 5.92 Å². The van der Waals surface area contributed by atoms with Crippen LogP contribution in [0.3, 0.4) is 0 Å². The lowest BCUT2D eigenvalue weighted by atomic mass is 9.74.